The maximum atomic E-state index is 13.2. The van der Waals surface area contributed by atoms with E-state index in [9.17, 15) is 4.79 Å². The predicted octanol–water partition coefficient (Wildman–Crippen LogP) is 3.68. The van der Waals surface area contributed by atoms with Gasteiger partial charge in [-0.3, -0.25) is 4.79 Å². The molecule has 1 aromatic heterocycles. The van der Waals surface area contributed by atoms with Gasteiger partial charge < -0.3 is 4.90 Å². The summed E-state index contributed by atoms with van der Waals surface area (Å²) in [6.45, 7) is 3.96. The Balaban J connectivity index is 1.99. The van der Waals surface area contributed by atoms with Crippen LogP contribution in [0.1, 0.15) is 24.8 Å². The van der Waals surface area contributed by atoms with Crippen LogP contribution in [0.2, 0.25) is 0 Å². The molecule has 0 amide bonds. The van der Waals surface area contributed by atoms with Gasteiger partial charge in [0.05, 0.1) is 16.6 Å². The highest BCUT2D eigenvalue weighted by atomic mass is 16.1. The SMILES string of the molecule is Cc1ccc(-n2c(N3CCCCC3)nc3ccccc3c2=O)cc1. The van der Waals surface area contributed by atoms with Gasteiger partial charge in [-0.25, -0.2) is 9.55 Å². The largest absolute Gasteiger partial charge is 0.342 e. The molecule has 1 saturated heterocycles. The molecule has 0 N–H and O–H groups in total. The van der Waals surface area contributed by atoms with Crippen LogP contribution >= 0.6 is 0 Å². The standard InChI is InChI=1S/C20H21N3O/c1-15-9-11-16(12-10-15)23-19(24)17-7-3-4-8-18(17)21-20(23)22-13-5-2-6-14-22/h3-4,7-12H,2,5-6,13-14H2,1H3. The quantitative estimate of drug-likeness (QED) is 0.723. The first-order valence-electron chi connectivity index (χ1n) is 8.58. The minimum atomic E-state index is 0.00465. The second-order valence-corrected chi connectivity index (χ2v) is 6.45. The van der Waals surface area contributed by atoms with Gasteiger partial charge in [0.15, 0.2) is 0 Å². The van der Waals surface area contributed by atoms with Crippen molar-refractivity contribution in [3.8, 4) is 5.69 Å². The van der Waals surface area contributed by atoms with Crippen LogP contribution < -0.4 is 10.5 Å². The maximum absolute atomic E-state index is 13.2. The second kappa shape index (κ2) is 6.11. The summed E-state index contributed by atoms with van der Waals surface area (Å²) >= 11 is 0. The number of para-hydroxylation sites is 1. The normalized spacial score (nSPS) is 15.0. The summed E-state index contributed by atoms with van der Waals surface area (Å²) < 4.78 is 1.77. The number of benzene rings is 2. The zero-order valence-corrected chi connectivity index (χ0v) is 13.9. The third kappa shape index (κ3) is 2.58. The van der Waals surface area contributed by atoms with E-state index in [-0.39, 0.29) is 5.56 Å². The van der Waals surface area contributed by atoms with Crippen LogP contribution in [-0.4, -0.2) is 22.6 Å². The summed E-state index contributed by atoms with van der Waals surface area (Å²) in [6, 6.07) is 15.7. The smallest absolute Gasteiger partial charge is 0.267 e. The molecule has 4 rings (SSSR count). The Kier molecular flexibility index (Phi) is 3.81. The molecule has 0 unspecified atom stereocenters. The number of hydrogen-bond acceptors (Lipinski definition) is 3. The fourth-order valence-corrected chi connectivity index (χ4v) is 3.35. The zero-order chi connectivity index (χ0) is 16.5. The van der Waals surface area contributed by atoms with Gasteiger partial charge in [-0.15, -0.1) is 0 Å². The molecule has 0 spiro atoms. The fourth-order valence-electron chi connectivity index (χ4n) is 3.35. The number of aryl methyl sites for hydroxylation is 1. The molecule has 2 heterocycles. The number of nitrogens with zero attached hydrogens (tertiary/aromatic N) is 3. The van der Waals surface area contributed by atoms with E-state index in [2.05, 4.69) is 11.8 Å². The third-order valence-corrected chi connectivity index (χ3v) is 4.69. The van der Waals surface area contributed by atoms with Crippen LogP contribution in [0.25, 0.3) is 16.6 Å². The summed E-state index contributed by atoms with van der Waals surface area (Å²) in [5.74, 6) is 0.766. The maximum Gasteiger partial charge on any atom is 0.267 e. The molecule has 1 fully saturated rings. The molecule has 0 bridgehead atoms. The van der Waals surface area contributed by atoms with Crippen LogP contribution in [0.4, 0.5) is 5.95 Å². The van der Waals surface area contributed by atoms with Gasteiger partial charge in [-0.1, -0.05) is 29.8 Å². The minimum absolute atomic E-state index is 0.00465. The van der Waals surface area contributed by atoms with Crippen LogP contribution in [0, 0.1) is 6.92 Å². The average Bonchev–Trinajstić information content (AvgIpc) is 2.63. The Morgan fingerprint density at radius 1 is 0.917 bits per heavy atom. The lowest BCUT2D eigenvalue weighted by Crippen LogP contribution is -2.36. The third-order valence-electron chi connectivity index (χ3n) is 4.69. The van der Waals surface area contributed by atoms with Gasteiger partial charge >= 0.3 is 0 Å². The molecule has 122 valence electrons. The molecule has 1 aliphatic heterocycles. The van der Waals surface area contributed by atoms with Crippen molar-refractivity contribution in [2.45, 2.75) is 26.2 Å². The summed E-state index contributed by atoms with van der Waals surface area (Å²) in [5.41, 5.74) is 2.83. The second-order valence-electron chi connectivity index (χ2n) is 6.45. The Hall–Kier alpha value is -2.62. The first-order valence-corrected chi connectivity index (χ1v) is 8.58. The number of piperidine rings is 1. The van der Waals surface area contributed by atoms with Crippen molar-refractivity contribution in [1.82, 2.24) is 9.55 Å². The number of rotatable bonds is 2. The van der Waals surface area contributed by atoms with Gasteiger partial charge in [-0.05, 0) is 50.5 Å². The molecule has 0 saturated carbocycles. The Morgan fingerprint density at radius 2 is 1.62 bits per heavy atom. The molecular weight excluding hydrogens is 298 g/mol. The van der Waals surface area contributed by atoms with Crippen molar-refractivity contribution in [2.24, 2.45) is 0 Å². The fraction of sp³-hybridized carbons (Fsp3) is 0.300. The van der Waals surface area contributed by atoms with Crippen molar-refractivity contribution >= 4 is 16.9 Å². The highest BCUT2D eigenvalue weighted by Gasteiger charge is 2.19. The van der Waals surface area contributed by atoms with Crippen LogP contribution in [0.5, 0.6) is 0 Å². The van der Waals surface area contributed by atoms with Crippen molar-refractivity contribution in [3.05, 3.63) is 64.4 Å². The first kappa shape index (κ1) is 14.9. The topological polar surface area (TPSA) is 38.1 Å². The number of aromatic nitrogens is 2. The Labute approximate surface area is 141 Å². The van der Waals surface area contributed by atoms with Gasteiger partial charge in [0.25, 0.3) is 5.56 Å². The zero-order valence-electron chi connectivity index (χ0n) is 13.9. The molecule has 4 heteroatoms. The number of anilines is 1. The lowest BCUT2D eigenvalue weighted by molar-refractivity contribution is 0.563. The molecule has 24 heavy (non-hydrogen) atoms. The van der Waals surface area contributed by atoms with Gasteiger partial charge in [0.2, 0.25) is 5.95 Å². The Morgan fingerprint density at radius 3 is 2.38 bits per heavy atom. The van der Waals surface area contributed by atoms with E-state index in [4.69, 9.17) is 4.98 Å². The van der Waals surface area contributed by atoms with Gasteiger partial charge in [-0.2, -0.15) is 0 Å². The van der Waals surface area contributed by atoms with E-state index >= 15 is 0 Å². The van der Waals surface area contributed by atoms with E-state index in [1.165, 1.54) is 12.0 Å². The summed E-state index contributed by atoms with van der Waals surface area (Å²) in [7, 11) is 0. The lowest BCUT2D eigenvalue weighted by atomic mass is 10.1. The first-order chi connectivity index (χ1) is 11.7. The van der Waals surface area contributed by atoms with Crippen LogP contribution in [0.3, 0.4) is 0 Å². The van der Waals surface area contributed by atoms with E-state index in [0.29, 0.717) is 5.39 Å². The number of hydrogen-bond donors (Lipinski definition) is 0. The number of fused-ring (bicyclic) bond motifs is 1. The lowest BCUT2D eigenvalue weighted by Gasteiger charge is -2.30. The van der Waals surface area contributed by atoms with Gasteiger partial charge in [0.1, 0.15) is 0 Å². The average molecular weight is 319 g/mol. The van der Waals surface area contributed by atoms with Crippen molar-refractivity contribution in [1.29, 1.82) is 0 Å². The van der Waals surface area contributed by atoms with Crippen molar-refractivity contribution in [2.75, 3.05) is 18.0 Å². The monoisotopic (exact) mass is 319 g/mol. The summed E-state index contributed by atoms with van der Waals surface area (Å²) in [4.78, 5) is 20.3. The Bertz CT molecular complexity index is 922. The van der Waals surface area contributed by atoms with Crippen LogP contribution in [0.15, 0.2) is 53.3 Å². The molecular formula is C20H21N3O. The molecule has 4 nitrogen and oxygen atoms in total. The molecule has 3 aromatic rings. The van der Waals surface area contributed by atoms with E-state index in [0.717, 1.165) is 43.1 Å². The molecule has 2 aromatic carbocycles. The predicted molar refractivity (Wildman–Crippen MR) is 98.1 cm³/mol. The van der Waals surface area contributed by atoms with Gasteiger partial charge in [0, 0.05) is 13.1 Å². The molecule has 1 aliphatic rings. The van der Waals surface area contributed by atoms with E-state index in [1.807, 2.05) is 48.5 Å². The highest BCUT2D eigenvalue weighted by Crippen LogP contribution is 2.22. The minimum Gasteiger partial charge on any atom is -0.342 e. The van der Waals surface area contributed by atoms with Crippen molar-refractivity contribution in [3.63, 3.8) is 0 Å². The molecule has 0 atom stereocenters. The van der Waals surface area contributed by atoms with E-state index in [1.54, 1.807) is 4.57 Å². The molecule has 0 radical (unpaired) electrons. The van der Waals surface area contributed by atoms with E-state index < -0.39 is 0 Å². The summed E-state index contributed by atoms with van der Waals surface area (Å²) in [6.07, 6.45) is 3.55. The van der Waals surface area contributed by atoms with Crippen molar-refractivity contribution < 1.29 is 0 Å². The molecule has 0 aliphatic carbocycles. The van der Waals surface area contributed by atoms with Crippen LogP contribution in [-0.2, 0) is 0 Å². The summed E-state index contributed by atoms with van der Waals surface area (Å²) in [5, 5.41) is 0.666. The highest BCUT2D eigenvalue weighted by molar-refractivity contribution is 5.79.